The van der Waals surface area contributed by atoms with E-state index in [1.807, 2.05) is 12.1 Å². The van der Waals surface area contributed by atoms with Crippen LogP contribution in [0.15, 0.2) is 60.9 Å². The topological polar surface area (TPSA) is 173 Å². The highest BCUT2D eigenvalue weighted by atomic mass is 32.2. The summed E-state index contributed by atoms with van der Waals surface area (Å²) in [5, 5.41) is 7.87. The first kappa shape index (κ1) is 39.3. The van der Waals surface area contributed by atoms with Gasteiger partial charge in [-0.3, -0.25) is 28.9 Å². The van der Waals surface area contributed by atoms with Crippen LogP contribution < -0.4 is 25.2 Å². The van der Waals surface area contributed by atoms with Crippen molar-refractivity contribution in [3.05, 3.63) is 94.6 Å². The van der Waals surface area contributed by atoms with E-state index in [2.05, 4.69) is 40.7 Å². The summed E-state index contributed by atoms with van der Waals surface area (Å²) < 4.78 is 82.2. The summed E-state index contributed by atoms with van der Waals surface area (Å²) in [6.45, 7) is 2.80. The number of halogens is 4. The van der Waals surface area contributed by atoms with E-state index in [-0.39, 0.29) is 49.2 Å². The molecule has 0 radical (unpaired) electrons. The third kappa shape index (κ3) is 8.60. The third-order valence-corrected chi connectivity index (χ3v) is 11.3. The number of alkyl halides is 3. The van der Waals surface area contributed by atoms with Crippen LogP contribution in [-0.2, 0) is 45.4 Å². The van der Waals surface area contributed by atoms with Gasteiger partial charge in [-0.2, -0.15) is 18.2 Å². The van der Waals surface area contributed by atoms with Crippen molar-refractivity contribution in [2.45, 2.75) is 44.7 Å². The molecule has 300 valence electrons. The number of pyridine rings is 1. The van der Waals surface area contributed by atoms with Gasteiger partial charge >= 0.3 is 6.18 Å². The minimum absolute atomic E-state index is 0.0586. The van der Waals surface area contributed by atoms with Crippen molar-refractivity contribution >= 4 is 56.7 Å². The number of benzene rings is 2. The van der Waals surface area contributed by atoms with E-state index in [9.17, 15) is 36.0 Å². The second-order valence-electron chi connectivity index (χ2n) is 14.0. The molecule has 0 saturated carbocycles. The molecule has 1 atom stereocenters. The standard InChI is InChI=1S/C37H38F4N10O5S/c1-48(57(2,55)56)33-22(4-3-11-42-33)18-43-32-28(37(39,40)41)19-44-36(47-32)45-25-5-7-26(8-6-25)50-14-12-49(13-15-50)20-24-16-23-21-51(35(54)27(23)17-29(24)38)30-9-10-31(52)46-34(30)53/h3-8,11,16-17,19,30H,9-10,12-15,18,20-21H2,1-2H3,(H,46,52,53)(H2,43,44,45,47). The lowest BCUT2D eigenvalue weighted by Crippen LogP contribution is -2.52. The molecule has 2 fully saturated rings. The Morgan fingerprint density at radius 1 is 1.00 bits per heavy atom. The van der Waals surface area contributed by atoms with Crippen LogP contribution in [0.25, 0.3) is 0 Å². The van der Waals surface area contributed by atoms with Gasteiger partial charge in [-0.05, 0) is 54.4 Å². The molecule has 0 bridgehead atoms. The number of amides is 3. The fourth-order valence-corrected chi connectivity index (χ4v) is 7.50. The number of nitrogens with zero attached hydrogens (tertiary/aromatic N) is 7. The SMILES string of the molecule is CN(c1ncccc1CNc1nc(Nc2ccc(N3CCN(Cc4cc5c(cc4F)C(=O)N(C4CCC(=O)NC4=O)C5)CC3)cc2)ncc1C(F)(F)F)S(C)(=O)=O. The highest BCUT2D eigenvalue weighted by molar-refractivity contribution is 7.92. The van der Waals surface area contributed by atoms with Crippen molar-refractivity contribution < 1.29 is 40.4 Å². The molecule has 3 aliphatic heterocycles. The molecule has 1 unspecified atom stereocenters. The summed E-state index contributed by atoms with van der Waals surface area (Å²) in [5.41, 5.74) is 1.96. The molecule has 5 heterocycles. The average Bonchev–Trinajstić information content (AvgIpc) is 3.47. The fourth-order valence-electron chi connectivity index (χ4n) is 7.02. The average molecular weight is 811 g/mol. The predicted molar refractivity (Wildman–Crippen MR) is 202 cm³/mol. The van der Waals surface area contributed by atoms with Gasteiger partial charge in [0.2, 0.25) is 27.8 Å². The maximum Gasteiger partial charge on any atom is 0.421 e. The van der Waals surface area contributed by atoms with E-state index in [0.717, 1.165) is 16.2 Å². The summed E-state index contributed by atoms with van der Waals surface area (Å²) in [7, 11) is -2.39. The first-order chi connectivity index (χ1) is 27.0. The van der Waals surface area contributed by atoms with Gasteiger partial charge < -0.3 is 20.4 Å². The zero-order chi connectivity index (χ0) is 40.6. The molecule has 2 saturated heterocycles. The Bertz CT molecular complexity index is 2320. The number of aromatic nitrogens is 3. The van der Waals surface area contributed by atoms with E-state index in [1.54, 1.807) is 30.3 Å². The van der Waals surface area contributed by atoms with Gasteiger partial charge in [0.05, 0.1) is 6.26 Å². The fraction of sp³-hybridized carbons (Fsp3) is 0.351. The van der Waals surface area contributed by atoms with E-state index in [0.29, 0.717) is 61.3 Å². The number of carbonyl (C=O) groups excluding carboxylic acids is 3. The number of fused-ring (bicyclic) bond motifs is 1. The highest BCUT2D eigenvalue weighted by Gasteiger charge is 2.40. The Kier molecular flexibility index (Phi) is 10.7. The maximum absolute atomic E-state index is 15.3. The molecule has 15 nitrogen and oxygen atoms in total. The number of piperazine rings is 1. The molecule has 3 amide bonds. The summed E-state index contributed by atoms with van der Waals surface area (Å²) in [5.74, 6) is -2.38. The maximum atomic E-state index is 15.3. The second kappa shape index (κ2) is 15.6. The number of nitrogens with one attached hydrogen (secondary N) is 3. The van der Waals surface area contributed by atoms with Crippen molar-refractivity contribution in [2.75, 3.05) is 59.3 Å². The Morgan fingerprint density at radius 3 is 2.42 bits per heavy atom. The van der Waals surface area contributed by atoms with Crippen molar-refractivity contribution in [3.8, 4) is 0 Å². The highest BCUT2D eigenvalue weighted by Crippen LogP contribution is 2.35. The van der Waals surface area contributed by atoms with E-state index in [4.69, 9.17) is 0 Å². The van der Waals surface area contributed by atoms with Crippen LogP contribution in [-0.4, -0.2) is 96.4 Å². The van der Waals surface area contributed by atoms with Crippen molar-refractivity contribution in [3.63, 3.8) is 0 Å². The molecule has 57 heavy (non-hydrogen) atoms. The number of sulfonamides is 1. The van der Waals surface area contributed by atoms with Gasteiger partial charge in [0.15, 0.2) is 0 Å². The molecule has 4 aromatic rings. The lowest BCUT2D eigenvalue weighted by Gasteiger charge is -2.36. The Labute approximate surface area is 325 Å². The first-order valence-corrected chi connectivity index (χ1v) is 19.8. The van der Waals surface area contributed by atoms with E-state index >= 15 is 4.39 Å². The largest absolute Gasteiger partial charge is 0.421 e. The number of piperidine rings is 1. The molecule has 3 aliphatic rings. The molecule has 0 spiro atoms. The quantitative estimate of drug-likeness (QED) is 0.148. The van der Waals surface area contributed by atoms with Gasteiger partial charge in [0.25, 0.3) is 5.91 Å². The lowest BCUT2D eigenvalue weighted by molar-refractivity contribution is -0.138. The van der Waals surface area contributed by atoms with E-state index in [1.165, 1.54) is 24.2 Å². The molecule has 2 aromatic carbocycles. The molecule has 7 rings (SSSR count). The van der Waals surface area contributed by atoms with Crippen LogP contribution in [0.4, 0.5) is 46.5 Å². The number of hydrogen-bond acceptors (Lipinski definition) is 12. The van der Waals surface area contributed by atoms with Crippen molar-refractivity contribution in [1.82, 2.24) is 30.1 Å². The van der Waals surface area contributed by atoms with Crippen LogP contribution in [0, 0.1) is 5.82 Å². The van der Waals surface area contributed by atoms with E-state index < -0.39 is 51.3 Å². The van der Waals surface area contributed by atoms with Gasteiger partial charge in [0, 0.05) is 99.7 Å². The summed E-state index contributed by atoms with van der Waals surface area (Å²) in [6, 6.07) is 12.4. The van der Waals surface area contributed by atoms with Gasteiger partial charge in [-0.1, -0.05) is 6.07 Å². The monoisotopic (exact) mass is 810 g/mol. The summed E-state index contributed by atoms with van der Waals surface area (Å²) >= 11 is 0. The second-order valence-corrected chi connectivity index (χ2v) is 16.0. The van der Waals surface area contributed by atoms with Crippen LogP contribution in [0.3, 0.4) is 0 Å². The number of rotatable bonds is 11. The first-order valence-electron chi connectivity index (χ1n) is 17.9. The predicted octanol–water partition coefficient (Wildman–Crippen LogP) is 3.86. The minimum Gasteiger partial charge on any atom is -0.369 e. The van der Waals surface area contributed by atoms with Gasteiger partial charge in [-0.25, -0.2) is 22.8 Å². The number of hydrogen-bond donors (Lipinski definition) is 3. The minimum atomic E-state index is -4.77. The van der Waals surface area contributed by atoms with Crippen molar-refractivity contribution in [2.24, 2.45) is 0 Å². The molecule has 2 aromatic heterocycles. The molecule has 3 N–H and O–H groups in total. The molecular weight excluding hydrogens is 773 g/mol. The van der Waals surface area contributed by atoms with Crippen LogP contribution in [0.5, 0.6) is 0 Å². The Morgan fingerprint density at radius 2 is 1.74 bits per heavy atom. The number of carbonyl (C=O) groups is 3. The van der Waals surface area contributed by atoms with Crippen molar-refractivity contribution in [1.29, 1.82) is 0 Å². The van der Waals surface area contributed by atoms with Crippen LogP contribution >= 0.6 is 0 Å². The lowest BCUT2D eigenvalue weighted by atomic mass is 10.0. The molecular formula is C37H38F4N10O5S. The van der Waals surface area contributed by atoms with Gasteiger partial charge in [-0.15, -0.1) is 0 Å². The van der Waals surface area contributed by atoms with Gasteiger partial charge in [0.1, 0.15) is 29.1 Å². The summed E-state index contributed by atoms with van der Waals surface area (Å²) in [6.07, 6.45) is -1.37. The molecule has 0 aliphatic carbocycles. The molecule has 20 heteroatoms. The number of anilines is 5. The Hall–Kier alpha value is -5.89. The summed E-state index contributed by atoms with van der Waals surface area (Å²) in [4.78, 5) is 54.7. The zero-order valence-electron chi connectivity index (χ0n) is 30.8. The zero-order valence-corrected chi connectivity index (χ0v) is 31.6. The van der Waals surface area contributed by atoms with Crippen LogP contribution in [0.1, 0.15) is 45.5 Å². The third-order valence-electron chi connectivity index (χ3n) is 10.1. The number of imide groups is 1. The normalized spacial score (nSPS) is 17.7. The van der Waals surface area contributed by atoms with Crippen LogP contribution in [0.2, 0.25) is 0 Å². The Balaban J connectivity index is 0.959. The smallest absolute Gasteiger partial charge is 0.369 e.